The number of nitrogens with zero attached hydrogens (tertiary/aromatic N) is 4. The number of rotatable bonds is 4. The first kappa shape index (κ1) is 16.1. The van der Waals surface area contributed by atoms with Gasteiger partial charge < -0.3 is 10.5 Å². The molecule has 0 amide bonds. The van der Waals surface area contributed by atoms with E-state index in [1.807, 2.05) is 19.1 Å². The summed E-state index contributed by atoms with van der Waals surface area (Å²) in [5.74, 6) is 0.908. The topological polar surface area (TPSA) is 107 Å². The molecule has 7 nitrogen and oxygen atoms in total. The van der Waals surface area contributed by atoms with Crippen LogP contribution in [-0.4, -0.2) is 21.1 Å². The van der Waals surface area contributed by atoms with E-state index in [0.29, 0.717) is 40.6 Å². The third kappa shape index (κ3) is 2.56. The minimum atomic E-state index is -0.550. The van der Waals surface area contributed by atoms with Crippen molar-refractivity contribution in [3.8, 4) is 17.5 Å². The van der Waals surface area contributed by atoms with Crippen LogP contribution in [-0.2, 0) is 0 Å². The Balaban J connectivity index is 2.07. The van der Waals surface area contributed by atoms with Crippen molar-refractivity contribution in [2.45, 2.75) is 25.7 Å². The summed E-state index contributed by atoms with van der Waals surface area (Å²) in [6.07, 6.45) is 2.19. The molecule has 26 heavy (non-hydrogen) atoms. The SMILES string of the molecule is CCOc1c(C#N)cccc1-n1c(=O)nc(N)c2ccc(C3CC3)nc21. The third-order valence-electron chi connectivity index (χ3n) is 4.43. The maximum Gasteiger partial charge on any atom is 0.355 e. The lowest BCUT2D eigenvalue weighted by molar-refractivity contribution is 0.338. The zero-order valence-electron chi connectivity index (χ0n) is 14.3. The van der Waals surface area contributed by atoms with Gasteiger partial charge in [0, 0.05) is 11.6 Å². The number of ether oxygens (including phenoxy) is 1. The Morgan fingerprint density at radius 3 is 2.81 bits per heavy atom. The van der Waals surface area contributed by atoms with Gasteiger partial charge in [0.25, 0.3) is 0 Å². The van der Waals surface area contributed by atoms with Crippen LogP contribution in [0.2, 0.25) is 0 Å². The highest BCUT2D eigenvalue weighted by Crippen LogP contribution is 2.40. The number of fused-ring (bicyclic) bond motifs is 1. The van der Waals surface area contributed by atoms with E-state index in [1.54, 1.807) is 18.2 Å². The van der Waals surface area contributed by atoms with Gasteiger partial charge in [-0.3, -0.25) is 0 Å². The molecule has 0 bridgehead atoms. The van der Waals surface area contributed by atoms with Gasteiger partial charge in [-0.15, -0.1) is 0 Å². The van der Waals surface area contributed by atoms with Gasteiger partial charge in [-0.2, -0.15) is 10.2 Å². The van der Waals surface area contributed by atoms with E-state index in [1.165, 1.54) is 4.57 Å². The van der Waals surface area contributed by atoms with Crippen molar-refractivity contribution in [1.82, 2.24) is 14.5 Å². The molecule has 0 aliphatic heterocycles. The molecule has 0 saturated heterocycles. The molecule has 1 aliphatic rings. The van der Waals surface area contributed by atoms with E-state index in [9.17, 15) is 10.1 Å². The summed E-state index contributed by atoms with van der Waals surface area (Å²) in [5, 5.41) is 10.00. The van der Waals surface area contributed by atoms with Crippen LogP contribution in [0.4, 0.5) is 5.82 Å². The maximum atomic E-state index is 12.7. The Bertz CT molecular complexity index is 1110. The zero-order valence-corrected chi connectivity index (χ0v) is 14.3. The Labute approximate surface area is 149 Å². The smallest absolute Gasteiger partial charge is 0.355 e. The van der Waals surface area contributed by atoms with Crippen molar-refractivity contribution in [2.24, 2.45) is 0 Å². The average molecular weight is 347 g/mol. The molecule has 0 spiro atoms. The first-order valence-corrected chi connectivity index (χ1v) is 8.49. The van der Waals surface area contributed by atoms with Crippen LogP contribution >= 0.6 is 0 Å². The highest BCUT2D eigenvalue weighted by molar-refractivity contribution is 5.87. The number of nitrogens with two attached hydrogens (primary N) is 1. The Morgan fingerprint density at radius 2 is 2.12 bits per heavy atom. The molecule has 1 fully saturated rings. The Hall–Kier alpha value is -3.40. The van der Waals surface area contributed by atoms with Gasteiger partial charge in [0.1, 0.15) is 11.9 Å². The number of nitriles is 1. The second-order valence-corrected chi connectivity index (χ2v) is 6.20. The van der Waals surface area contributed by atoms with Crippen molar-refractivity contribution in [2.75, 3.05) is 12.3 Å². The van der Waals surface area contributed by atoms with Gasteiger partial charge in [0.2, 0.25) is 0 Å². The van der Waals surface area contributed by atoms with Crippen LogP contribution in [0.3, 0.4) is 0 Å². The molecule has 2 heterocycles. The van der Waals surface area contributed by atoms with Crippen molar-refractivity contribution < 1.29 is 4.74 Å². The lowest BCUT2D eigenvalue weighted by Gasteiger charge is -2.15. The van der Waals surface area contributed by atoms with Gasteiger partial charge in [0.05, 0.1) is 23.2 Å². The summed E-state index contributed by atoms with van der Waals surface area (Å²) < 4.78 is 7.05. The summed E-state index contributed by atoms with van der Waals surface area (Å²) in [5.41, 5.74) is 7.56. The van der Waals surface area contributed by atoms with Crippen molar-refractivity contribution in [3.05, 3.63) is 52.1 Å². The fourth-order valence-corrected chi connectivity index (χ4v) is 3.05. The van der Waals surface area contributed by atoms with Crippen LogP contribution in [0.5, 0.6) is 5.75 Å². The highest BCUT2D eigenvalue weighted by Gasteiger charge is 2.26. The molecule has 1 aromatic carbocycles. The number of benzene rings is 1. The molecule has 0 unspecified atom stereocenters. The number of nitrogen functional groups attached to an aromatic ring is 1. The number of hydrogen-bond acceptors (Lipinski definition) is 6. The molecular formula is C19H17N5O2. The zero-order chi connectivity index (χ0) is 18.3. The number of pyridine rings is 1. The number of anilines is 1. The normalized spacial score (nSPS) is 13.5. The molecule has 1 saturated carbocycles. The van der Waals surface area contributed by atoms with Crippen LogP contribution in [0, 0.1) is 11.3 Å². The molecule has 4 rings (SSSR count). The highest BCUT2D eigenvalue weighted by atomic mass is 16.5. The molecule has 2 N–H and O–H groups in total. The largest absolute Gasteiger partial charge is 0.490 e. The Kier molecular flexibility index (Phi) is 3.81. The predicted octanol–water partition coefficient (Wildman–Crippen LogP) is 2.51. The fraction of sp³-hybridized carbons (Fsp3) is 0.263. The number of para-hydroxylation sites is 1. The van der Waals surface area contributed by atoms with E-state index < -0.39 is 5.69 Å². The van der Waals surface area contributed by atoms with Gasteiger partial charge in [-0.25, -0.2) is 14.3 Å². The first-order chi connectivity index (χ1) is 12.6. The second kappa shape index (κ2) is 6.15. The number of hydrogen-bond donors (Lipinski definition) is 1. The van der Waals surface area contributed by atoms with Gasteiger partial charge >= 0.3 is 5.69 Å². The van der Waals surface area contributed by atoms with Gasteiger partial charge in [-0.1, -0.05) is 6.07 Å². The minimum Gasteiger partial charge on any atom is -0.490 e. The van der Waals surface area contributed by atoms with Crippen molar-refractivity contribution >= 4 is 16.9 Å². The predicted molar refractivity (Wildman–Crippen MR) is 97.4 cm³/mol. The molecule has 2 aromatic heterocycles. The summed E-state index contributed by atoms with van der Waals surface area (Å²) in [4.78, 5) is 21.3. The lowest BCUT2D eigenvalue weighted by Crippen LogP contribution is -2.24. The summed E-state index contributed by atoms with van der Waals surface area (Å²) >= 11 is 0. The molecule has 0 radical (unpaired) electrons. The monoisotopic (exact) mass is 347 g/mol. The standard InChI is InChI=1S/C19H17N5O2/c1-2-26-16-12(10-20)4-3-5-15(16)24-18-13(17(21)23-19(24)25)8-9-14(22-18)11-6-7-11/h3-5,8-9,11H,2,6-7H2,1H3,(H2,21,23,25). The Morgan fingerprint density at radius 1 is 1.31 bits per heavy atom. The van der Waals surface area contributed by atoms with E-state index in [0.717, 1.165) is 18.5 Å². The van der Waals surface area contributed by atoms with Gasteiger partial charge in [-0.05, 0) is 44.0 Å². The lowest BCUT2D eigenvalue weighted by atomic mass is 10.1. The van der Waals surface area contributed by atoms with Crippen LogP contribution < -0.4 is 16.2 Å². The first-order valence-electron chi connectivity index (χ1n) is 8.49. The van der Waals surface area contributed by atoms with E-state index in [-0.39, 0.29) is 5.82 Å². The summed E-state index contributed by atoms with van der Waals surface area (Å²) in [6.45, 7) is 2.19. The molecule has 1 aliphatic carbocycles. The second-order valence-electron chi connectivity index (χ2n) is 6.20. The minimum absolute atomic E-state index is 0.144. The quantitative estimate of drug-likeness (QED) is 0.777. The van der Waals surface area contributed by atoms with Crippen LogP contribution in [0.25, 0.3) is 16.7 Å². The van der Waals surface area contributed by atoms with E-state index >= 15 is 0 Å². The van der Waals surface area contributed by atoms with E-state index in [4.69, 9.17) is 15.5 Å². The van der Waals surface area contributed by atoms with E-state index in [2.05, 4.69) is 11.1 Å². The molecule has 3 aromatic rings. The van der Waals surface area contributed by atoms with Crippen LogP contribution in [0.15, 0.2) is 35.1 Å². The average Bonchev–Trinajstić information content (AvgIpc) is 3.47. The fourth-order valence-electron chi connectivity index (χ4n) is 3.05. The molecular weight excluding hydrogens is 330 g/mol. The van der Waals surface area contributed by atoms with Crippen molar-refractivity contribution in [1.29, 1.82) is 5.26 Å². The summed E-state index contributed by atoms with van der Waals surface area (Å²) in [6, 6.07) is 11.0. The van der Waals surface area contributed by atoms with Crippen molar-refractivity contribution in [3.63, 3.8) is 0 Å². The third-order valence-corrected chi connectivity index (χ3v) is 4.43. The summed E-state index contributed by atoms with van der Waals surface area (Å²) in [7, 11) is 0. The van der Waals surface area contributed by atoms with Crippen LogP contribution in [0.1, 0.15) is 36.9 Å². The maximum absolute atomic E-state index is 12.7. The molecule has 0 atom stereocenters. The molecule has 130 valence electrons. The molecule has 7 heteroatoms. The number of aromatic nitrogens is 3. The van der Waals surface area contributed by atoms with Gasteiger partial charge in [0.15, 0.2) is 11.4 Å².